The summed E-state index contributed by atoms with van der Waals surface area (Å²) in [5.74, 6) is -1.38. The second-order valence-electron chi connectivity index (χ2n) is 11.5. The molecule has 1 unspecified atom stereocenters. The lowest BCUT2D eigenvalue weighted by molar-refractivity contribution is -0.129. The number of rotatable bonds is 12. The van der Waals surface area contributed by atoms with Crippen molar-refractivity contribution < 1.29 is 33.4 Å². The third kappa shape index (κ3) is 9.24. The largest absolute Gasteiger partial charge is 0.493 e. The number of methoxy groups -OCH3 is 1. The van der Waals surface area contributed by atoms with Crippen molar-refractivity contribution in [2.75, 3.05) is 30.9 Å². The molecule has 1 aliphatic heterocycles. The number of benzene rings is 3. The van der Waals surface area contributed by atoms with Crippen molar-refractivity contribution in [2.45, 2.75) is 43.9 Å². The molecule has 5 rings (SSSR count). The van der Waals surface area contributed by atoms with Gasteiger partial charge in [-0.1, -0.05) is 42.5 Å². The van der Waals surface area contributed by atoms with Crippen LogP contribution in [0.5, 0.6) is 5.75 Å². The zero-order valence-electron chi connectivity index (χ0n) is 28.6. The molecule has 1 aliphatic rings. The molecule has 4 amide bonds. The number of carbonyl (C=O) groups is 5. The number of anilines is 2. The van der Waals surface area contributed by atoms with Crippen molar-refractivity contribution in [3.8, 4) is 5.75 Å². The van der Waals surface area contributed by atoms with Gasteiger partial charge < -0.3 is 30.3 Å². The lowest BCUT2D eigenvalue weighted by atomic mass is 10.0. The van der Waals surface area contributed by atoms with Gasteiger partial charge in [-0.15, -0.1) is 23.1 Å². The van der Waals surface area contributed by atoms with Crippen molar-refractivity contribution in [2.24, 2.45) is 0 Å². The SMILES string of the molecule is CCOc1ccccc1/C=C(/NC(=O)c1ccccc1)C(=O)Nc1cccc(SC(C)C(=O)Nc2sc3c(c2C(=O)OC)CCN(C(C)=O)C3)c1. The molecule has 1 atom stereocenters. The molecule has 0 aliphatic carbocycles. The number of hydrogen-bond donors (Lipinski definition) is 3. The molecule has 11 nitrogen and oxygen atoms in total. The molecule has 3 N–H and O–H groups in total. The number of esters is 1. The first kappa shape index (κ1) is 36.9. The number of carbonyl (C=O) groups excluding carboxylic acids is 5. The van der Waals surface area contributed by atoms with Crippen LogP contribution >= 0.6 is 23.1 Å². The number of fused-ring (bicyclic) bond motifs is 1. The molecule has 0 bridgehead atoms. The second kappa shape index (κ2) is 17.0. The van der Waals surface area contributed by atoms with E-state index in [1.807, 2.05) is 25.1 Å². The van der Waals surface area contributed by atoms with Crippen LogP contribution in [-0.2, 0) is 32.1 Å². The Morgan fingerprint density at radius 3 is 2.45 bits per heavy atom. The number of amides is 4. The highest BCUT2D eigenvalue weighted by molar-refractivity contribution is 8.00. The van der Waals surface area contributed by atoms with Crippen LogP contribution in [0.1, 0.15) is 57.5 Å². The van der Waals surface area contributed by atoms with Crippen LogP contribution in [0.3, 0.4) is 0 Å². The van der Waals surface area contributed by atoms with E-state index < -0.39 is 23.0 Å². The molecule has 4 aromatic rings. The maximum absolute atomic E-state index is 13.7. The Morgan fingerprint density at radius 1 is 0.980 bits per heavy atom. The summed E-state index contributed by atoms with van der Waals surface area (Å²) in [6.07, 6.45) is 2.05. The molecule has 0 radical (unpaired) electrons. The normalized spacial score (nSPS) is 13.0. The lowest BCUT2D eigenvalue weighted by Gasteiger charge is -2.25. The van der Waals surface area contributed by atoms with Gasteiger partial charge in [0, 0.05) is 40.1 Å². The third-order valence-corrected chi connectivity index (χ3v) is 10.2. The quantitative estimate of drug-likeness (QED) is 0.0869. The maximum Gasteiger partial charge on any atom is 0.341 e. The van der Waals surface area contributed by atoms with E-state index in [1.54, 1.807) is 78.6 Å². The maximum atomic E-state index is 13.7. The summed E-state index contributed by atoms with van der Waals surface area (Å²) in [6, 6.07) is 22.8. The van der Waals surface area contributed by atoms with Crippen LogP contribution in [0.15, 0.2) is 89.5 Å². The smallest absolute Gasteiger partial charge is 0.341 e. The average Bonchev–Trinajstić information content (AvgIpc) is 3.49. The van der Waals surface area contributed by atoms with Crippen LogP contribution in [0.2, 0.25) is 0 Å². The van der Waals surface area contributed by atoms with E-state index >= 15 is 0 Å². The predicted molar refractivity (Wildman–Crippen MR) is 199 cm³/mol. The van der Waals surface area contributed by atoms with Crippen LogP contribution in [0, 0.1) is 0 Å². The Morgan fingerprint density at radius 2 is 1.73 bits per heavy atom. The van der Waals surface area contributed by atoms with Gasteiger partial charge in [-0.2, -0.15) is 0 Å². The van der Waals surface area contributed by atoms with Crippen LogP contribution in [0.4, 0.5) is 10.7 Å². The highest BCUT2D eigenvalue weighted by Crippen LogP contribution is 2.38. The van der Waals surface area contributed by atoms with Gasteiger partial charge in [0.05, 0.1) is 31.1 Å². The Bertz CT molecular complexity index is 1980. The number of hydrogen-bond acceptors (Lipinski definition) is 9. The lowest BCUT2D eigenvalue weighted by Crippen LogP contribution is -2.33. The summed E-state index contributed by atoms with van der Waals surface area (Å²) in [7, 11) is 1.29. The molecule has 51 heavy (non-hydrogen) atoms. The fraction of sp³-hybridized carbons (Fsp3) is 0.237. The number of thiophene rings is 1. The zero-order valence-corrected chi connectivity index (χ0v) is 30.2. The van der Waals surface area contributed by atoms with E-state index in [-0.39, 0.29) is 17.5 Å². The van der Waals surface area contributed by atoms with Crippen LogP contribution in [0.25, 0.3) is 6.08 Å². The number of para-hydroxylation sites is 1. The fourth-order valence-corrected chi connectivity index (χ4v) is 7.56. The van der Waals surface area contributed by atoms with E-state index in [4.69, 9.17) is 9.47 Å². The molecule has 0 fully saturated rings. The number of nitrogens with zero attached hydrogens (tertiary/aromatic N) is 1. The topological polar surface area (TPSA) is 143 Å². The van der Waals surface area contributed by atoms with Gasteiger partial charge in [0.15, 0.2) is 0 Å². The van der Waals surface area contributed by atoms with Crippen LogP contribution < -0.4 is 20.7 Å². The van der Waals surface area contributed by atoms with Gasteiger partial charge in [-0.25, -0.2) is 4.79 Å². The van der Waals surface area contributed by atoms with Crippen molar-refractivity contribution in [1.29, 1.82) is 0 Å². The number of nitrogens with one attached hydrogen (secondary N) is 3. The molecule has 0 saturated heterocycles. The standard InChI is InChI=1S/C38H38N4O7S2/c1-5-49-31-17-10-9-14-26(31)20-30(40-35(45)25-12-7-6-8-13-25)36(46)39-27-15-11-16-28(21-27)50-23(2)34(44)41-37-33(38(47)48-4)29-18-19-42(24(3)43)22-32(29)51-37/h6-17,20-21,23H,5,18-19,22H2,1-4H3,(H,39,46)(H,40,45)(H,41,44)/b30-20+. The highest BCUT2D eigenvalue weighted by atomic mass is 32.2. The van der Waals surface area contributed by atoms with Crippen molar-refractivity contribution in [1.82, 2.24) is 10.2 Å². The molecule has 264 valence electrons. The van der Waals surface area contributed by atoms with Gasteiger partial charge in [-0.3, -0.25) is 19.2 Å². The highest BCUT2D eigenvalue weighted by Gasteiger charge is 2.31. The minimum absolute atomic E-state index is 0.00767. The van der Waals surface area contributed by atoms with Gasteiger partial charge in [0.25, 0.3) is 11.8 Å². The molecule has 0 saturated carbocycles. The first-order chi connectivity index (χ1) is 24.6. The Labute approximate surface area is 304 Å². The second-order valence-corrected chi connectivity index (χ2v) is 14.0. The van der Waals surface area contributed by atoms with E-state index in [2.05, 4.69) is 16.0 Å². The Hall–Kier alpha value is -5.40. The predicted octanol–water partition coefficient (Wildman–Crippen LogP) is 6.37. The van der Waals surface area contributed by atoms with Crippen molar-refractivity contribution in [3.05, 3.63) is 112 Å². The Kier molecular flexibility index (Phi) is 12.3. The molecule has 3 aromatic carbocycles. The Balaban J connectivity index is 1.31. The molecule has 1 aromatic heterocycles. The summed E-state index contributed by atoms with van der Waals surface area (Å²) < 4.78 is 10.8. The van der Waals surface area contributed by atoms with Gasteiger partial charge in [0.1, 0.15) is 16.4 Å². The van der Waals surface area contributed by atoms with E-state index in [9.17, 15) is 24.0 Å². The van der Waals surface area contributed by atoms with Gasteiger partial charge in [0.2, 0.25) is 11.8 Å². The van der Waals surface area contributed by atoms with E-state index in [0.717, 1.165) is 10.4 Å². The minimum atomic E-state index is -0.593. The monoisotopic (exact) mass is 726 g/mol. The van der Waals surface area contributed by atoms with E-state index in [0.29, 0.717) is 64.1 Å². The zero-order chi connectivity index (χ0) is 36.5. The van der Waals surface area contributed by atoms with Crippen molar-refractivity contribution >= 4 is 69.5 Å². The summed E-state index contributed by atoms with van der Waals surface area (Å²) in [5, 5.41) is 8.31. The van der Waals surface area contributed by atoms with Gasteiger partial charge >= 0.3 is 5.97 Å². The molecule has 0 spiro atoms. The molecule has 13 heteroatoms. The average molecular weight is 727 g/mol. The number of thioether (sulfide) groups is 1. The number of ether oxygens (including phenoxy) is 2. The first-order valence-electron chi connectivity index (χ1n) is 16.2. The summed E-state index contributed by atoms with van der Waals surface area (Å²) in [6.45, 7) is 6.37. The molecular formula is C38H38N4O7S2. The summed E-state index contributed by atoms with van der Waals surface area (Å²) in [5.41, 5.74) is 2.57. The minimum Gasteiger partial charge on any atom is -0.493 e. The van der Waals surface area contributed by atoms with Crippen LogP contribution in [-0.4, -0.2) is 60.0 Å². The van der Waals surface area contributed by atoms with E-state index in [1.165, 1.54) is 37.1 Å². The molecule has 2 heterocycles. The first-order valence-corrected chi connectivity index (χ1v) is 17.9. The summed E-state index contributed by atoms with van der Waals surface area (Å²) in [4.78, 5) is 68.2. The summed E-state index contributed by atoms with van der Waals surface area (Å²) >= 11 is 2.54. The molecular weight excluding hydrogens is 689 g/mol. The fourth-order valence-electron chi connectivity index (χ4n) is 5.38. The third-order valence-electron chi connectivity index (χ3n) is 7.95. The van der Waals surface area contributed by atoms with Gasteiger partial charge in [-0.05, 0) is 68.3 Å². The van der Waals surface area contributed by atoms with Crippen molar-refractivity contribution in [3.63, 3.8) is 0 Å².